The maximum Gasteiger partial charge on any atom is 0.252 e. The lowest BCUT2D eigenvalue weighted by Crippen LogP contribution is -2.32. The van der Waals surface area contributed by atoms with Crippen LogP contribution in [0.3, 0.4) is 0 Å². The molecule has 0 aliphatic carbocycles. The van der Waals surface area contributed by atoms with Gasteiger partial charge < -0.3 is 9.72 Å². The van der Waals surface area contributed by atoms with Crippen molar-refractivity contribution in [2.45, 2.75) is 39.0 Å². The summed E-state index contributed by atoms with van der Waals surface area (Å²) in [7, 11) is 1.64. The molecule has 0 aliphatic rings. The van der Waals surface area contributed by atoms with Crippen molar-refractivity contribution in [2.75, 3.05) is 7.11 Å². The van der Waals surface area contributed by atoms with E-state index >= 15 is 0 Å². The van der Waals surface area contributed by atoms with Gasteiger partial charge in [-0.05, 0) is 52.2 Å². The molecule has 0 amide bonds. The maximum absolute atomic E-state index is 13.1. The second-order valence-corrected chi connectivity index (χ2v) is 9.07. The zero-order chi connectivity index (χ0) is 25.6. The lowest BCUT2D eigenvalue weighted by atomic mass is 10.1. The Labute approximate surface area is 215 Å². The summed E-state index contributed by atoms with van der Waals surface area (Å²) in [5.74, 6) is 1.53. The molecule has 0 bridgehead atoms. The number of fused-ring (bicyclic) bond motifs is 1. The van der Waals surface area contributed by atoms with E-state index in [9.17, 15) is 4.79 Å². The predicted octanol–water partition coefficient (Wildman–Crippen LogP) is 4.73. The summed E-state index contributed by atoms with van der Waals surface area (Å²) < 4.78 is 7.25. The zero-order valence-corrected chi connectivity index (χ0v) is 21.0. The highest BCUT2D eigenvalue weighted by Gasteiger charge is 2.26. The summed E-state index contributed by atoms with van der Waals surface area (Å²) >= 11 is 0. The first-order valence-corrected chi connectivity index (χ1v) is 12.4. The van der Waals surface area contributed by atoms with E-state index in [0.29, 0.717) is 25.2 Å². The quantitative estimate of drug-likeness (QED) is 0.302. The number of methoxy groups -OCH3 is 1. The Kier molecular flexibility index (Phi) is 7.37. The predicted molar refractivity (Wildman–Crippen MR) is 143 cm³/mol. The molecule has 8 nitrogen and oxygen atoms in total. The number of H-pyrrole nitrogens is 1. The molecule has 5 rings (SSSR count). The Bertz CT molecular complexity index is 1510. The first-order chi connectivity index (χ1) is 18.1. The lowest BCUT2D eigenvalue weighted by Gasteiger charge is -2.30. The molecule has 0 saturated heterocycles. The molecule has 188 valence electrons. The number of rotatable bonds is 10. The van der Waals surface area contributed by atoms with Gasteiger partial charge in [-0.25, -0.2) is 4.68 Å². The van der Waals surface area contributed by atoms with Gasteiger partial charge in [0.2, 0.25) is 0 Å². The summed E-state index contributed by atoms with van der Waals surface area (Å²) in [6.07, 6.45) is 0.779. The molecule has 1 atom stereocenters. The minimum Gasteiger partial charge on any atom is -0.497 e. The molecule has 2 heterocycles. The molecule has 2 aromatic heterocycles. The van der Waals surface area contributed by atoms with Crippen LogP contribution in [0.2, 0.25) is 0 Å². The standard InChI is InChI=1S/C29H30N6O2/c1-3-27(28-31-32-33-35(28)19-22-12-8-5-9-13-22)34(18-21-10-6-4-7-11-21)20-24-16-23-17-25(37-2)14-15-26(23)30-29(24)36/h4-17,27H,3,18-20H2,1-2H3,(H,30,36)/t27-/m1/s1. The summed E-state index contributed by atoms with van der Waals surface area (Å²) in [6.45, 7) is 3.79. The van der Waals surface area contributed by atoms with Crippen molar-refractivity contribution >= 4 is 10.9 Å². The Morgan fingerprint density at radius 3 is 2.38 bits per heavy atom. The highest BCUT2D eigenvalue weighted by molar-refractivity contribution is 5.80. The Morgan fingerprint density at radius 1 is 0.946 bits per heavy atom. The van der Waals surface area contributed by atoms with Crippen molar-refractivity contribution < 1.29 is 4.74 Å². The third-order valence-electron chi connectivity index (χ3n) is 6.59. The number of benzene rings is 3. The summed E-state index contributed by atoms with van der Waals surface area (Å²) in [6, 6.07) is 27.9. The topological polar surface area (TPSA) is 88.9 Å². The molecular formula is C29H30N6O2. The largest absolute Gasteiger partial charge is 0.497 e. The Hall–Kier alpha value is -4.30. The minimum atomic E-state index is -0.102. The molecule has 0 radical (unpaired) electrons. The van der Waals surface area contributed by atoms with Gasteiger partial charge in [-0.1, -0.05) is 67.6 Å². The molecule has 0 unspecified atom stereocenters. The van der Waals surface area contributed by atoms with Crippen LogP contribution in [0.25, 0.3) is 10.9 Å². The van der Waals surface area contributed by atoms with Gasteiger partial charge >= 0.3 is 0 Å². The van der Waals surface area contributed by atoms with Crippen molar-refractivity contribution in [1.82, 2.24) is 30.1 Å². The lowest BCUT2D eigenvalue weighted by molar-refractivity contribution is 0.161. The molecule has 0 saturated carbocycles. The second kappa shape index (κ2) is 11.2. The van der Waals surface area contributed by atoms with Gasteiger partial charge in [0.1, 0.15) is 5.75 Å². The SMILES string of the molecule is CC[C@H](c1nnnn1Cc1ccccc1)N(Cc1ccccc1)Cc1cc2cc(OC)ccc2[nH]c1=O. The minimum absolute atomic E-state index is 0.0978. The van der Waals surface area contributed by atoms with E-state index in [0.717, 1.165) is 40.0 Å². The van der Waals surface area contributed by atoms with E-state index in [1.165, 1.54) is 0 Å². The second-order valence-electron chi connectivity index (χ2n) is 9.07. The van der Waals surface area contributed by atoms with Crippen LogP contribution < -0.4 is 10.3 Å². The third-order valence-corrected chi connectivity index (χ3v) is 6.59. The van der Waals surface area contributed by atoms with Gasteiger partial charge in [0, 0.05) is 29.6 Å². The smallest absolute Gasteiger partial charge is 0.252 e. The molecule has 8 heteroatoms. The summed E-state index contributed by atoms with van der Waals surface area (Å²) in [5, 5.41) is 13.7. The first kappa shape index (κ1) is 24.4. The van der Waals surface area contributed by atoms with Crippen LogP contribution in [0, 0.1) is 0 Å². The number of ether oxygens (including phenoxy) is 1. The highest BCUT2D eigenvalue weighted by Crippen LogP contribution is 2.27. The van der Waals surface area contributed by atoms with Crippen LogP contribution in [-0.2, 0) is 19.6 Å². The third kappa shape index (κ3) is 5.59. The van der Waals surface area contributed by atoms with E-state index in [1.54, 1.807) is 7.11 Å². The number of aromatic amines is 1. The fourth-order valence-corrected chi connectivity index (χ4v) is 4.71. The molecule has 1 N–H and O–H groups in total. The molecule has 0 fully saturated rings. The van der Waals surface area contributed by atoms with Crippen molar-refractivity contribution in [3.05, 3.63) is 118 Å². The van der Waals surface area contributed by atoms with E-state index in [4.69, 9.17) is 4.74 Å². The maximum atomic E-state index is 13.1. The zero-order valence-electron chi connectivity index (χ0n) is 21.0. The fraction of sp³-hybridized carbons (Fsp3) is 0.241. The molecule has 37 heavy (non-hydrogen) atoms. The summed E-state index contributed by atoms with van der Waals surface area (Å²) in [4.78, 5) is 18.4. The molecular weight excluding hydrogens is 464 g/mol. The van der Waals surface area contributed by atoms with Crippen LogP contribution in [0.5, 0.6) is 5.75 Å². The molecule has 0 aliphatic heterocycles. The number of aromatic nitrogens is 5. The molecule has 5 aromatic rings. The van der Waals surface area contributed by atoms with Crippen LogP contribution in [0.1, 0.15) is 41.9 Å². The van der Waals surface area contributed by atoms with Gasteiger partial charge in [-0.2, -0.15) is 0 Å². The van der Waals surface area contributed by atoms with Gasteiger partial charge in [-0.15, -0.1) is 5.10 Å². The fourth-order valence-electron chi connectivity index (χ4n) is 4.71. The van der Waals surface area contributed by atoms with Crippen LogP contribution in [-0.4, -0.2) is 37.2 Å². The van der Waals surface area contributed by atoms with E-state index in [2.05, 4.69) is 56.6 Å². The average Bonchev–Trinajstić information content (AvgIpc) is 3.38. The molecule has 0 spiro atoms. The van der Waals surface area contributed by atoms with Crippen molar-refractivity contribution in [3.8, 4) is 5.75 Å². The van der Waals surface area contributed by atoms with Crippen LogP contribution in [0.15, 0.2) is 89.7 Å². The van der Waals surface area contributed by atoms with Gasteiger partial charge in [0.05, 0.1) is 19.7 Å². The summed E-state index contributed by atoms with van der Waals surface area (Å²) in [5.41, 5.74) is 3.64. The number of hydrogen-bond acceptors (Lipinski definition) is 6. The van der Waals surface area contributed by atoms with Crippen LogP contribution in [0.4, 0.5) is 0 Å². The monoisotopic (exact) mass is 494 g/mol. The number of nitrogens with one attached hydrogen (secondary N) is 1. The normalized spacial score (nSPS) is 12.2. The van der Waals surface area contributed by atoms with Gasteiger partial charge in [0.15, 0.2) is 5.82 Å². The van der Waals surface area contributed by atoms with Crippen molar-refractivity contribution in [2.24, 2.45) is 0 Å². The van der Waals surface area contributed by atoms with E-state index < -0.39 is 0 Å². The number of hydrogen-bond donors (Lipinski definition) is 1. The van der Waals surface area contributed by atoms with Gasteiger partial charge in [-0.3, -0.25) is 9.69 Å². The van der Waals surface area contributed by atoms with Crippen molar-refractivity contribution in [3.63, 3.8) is 0 Å². The van der Waals surface area contributed by atoms with E-state index in [1.807, 2.05) is 65.3 Å². The molecule has 3 aromatic carbocycles. The Balaban J connectivity index is 1.52. The number of tetrazole rings is 1. The first-order valence-electron chi connectivity index (χ1n) is 12.4. The van der Waals surface area contributed by atoms with Crippen LogP contribution >= 0.6 is 0 Å². The van der Waals surface area contributed by atoms with Crippen molar-refractivity contribution in [1.29, 1.82) is 0 Å². The Morgan fingerprint density at radius 2 is 1.68 bits per heavy atom. The number of nitrogens with zero attached hydrogens (tertiary/aromatic N) is 5. The highest BCUT2D eigenvalue weighted by atomic mass is 16.5. The van der Waals surface area contributed by atoms with Gasteiger partial charge in [0.25, 0.3) is 5.56 Å². The van der Waals surface area contributed by atoms with E-state index in [-0.39, 0.29) is 11.6 Å². The number of pyridine rings is 1. The average molecular weight is 495 g/mol.